The van der Waals surface area contributed by atoms with Gasteiger partial charge in [0.15, 0.2) is 5.78 Å². The zero-order chi connectivity index (χ0) is 16.4. The molecule has 1 amide bonds. The number of amides is 1. The van der Waals surface area contributed by atoms with Crippen LogP contribution in [-0.4, -0.2) is 35.7 Å². The summed E-state index contributed by atoms with van der Waals surface area (Å²) in [5.41, 5.74) is -0.417. The number of rotatable bonds is 5. The summed E-state index contributed by atoms with van der Waals surface area (Å²) in [6, 6.07) is 8.90. The molecule has 1 aromatic carbocycles. The number of alkyl carbamates (subject to hydrolysis) is 1. The van der Waals surface area contributed by atoms with Crippen LogP contribution in [0.25, 0.3) is 0 Å². The maximum atomic E-state index is 12.5. The van der Waals surface area contributed by atoms with Crippen molar-refractivity contribution in [2.45, 2.75) is 51.4 Å². The van der Waals surface area contributed by atoms with Crippen LogP contribution in [-0.2, 0) is 20.7 Å². The van der Waals surface area contributed by atoms with Crippen LogP contribution in [0, 0.1) is 0 Å². The van der Waals surface area contributed by atoms with E-state index in [0.29, 0.717) is 13.0 Å². The number of hydrogen-bond acceptors (Lipinski definition) is 4. The topological polar surface area (TPSA) is 67.9 Å². The average molecular weight is 305 g/mol. The Kier molecular flexibility index (Phi) is 4.56. The number of ketones is 1. The molecule has 1 unspecified atom stereocenters. The van der Waals surface area contributed by atoms with Gasteiger partial charge in [-0.1, -0.05) is 30.3 Å². The second-order valence-corrected chi connectivity index (χ2v) is 6.77. The van der Waals surface area contributed by atoms with Crippen LogP contribution >= 0.6 is 0 Å². The van der Waals surface area contributed by atoms with E-state index in [1.54, 1.807) is 27.7 Å². The molecule has 0 radical (unpaired) electrons. The molecule has 1 aliphatic rings. The zero-order valence-electron chi connectivity index (χ0n) is 13.5. The van der Waals surface area contributed by atoms with Crippen molar-refractivity contribution < 1.29 is 19.1 Å². The van der Waals surface area contributed by atoms with Gasteiger partial charge in [0.2, 0.25) is 0 Å². The fourth-order valence-corrected chi connectivity index (χ4v) is 2.13. The molecule has 1 N–H and O–H groups in total. The first-order chi connectivity index (χ1) is 10.2. The first-order valence-corrected chi connectivity index (χ1v) is 7.41. The maximum Gasteiger partial charge on any atom is 0.408 e. The molecule has 0 aromatic heterocycles. The number of ether oxygens (including phenoxy) is 2. The second kappa shape index (κ2) is 6.08. The van der Waals surface area contributed by atoms with Crippen LogP contribution in [0.1, 0.15) is 33.3 Å². The van der Waals surface area contributed by atoms with E-state index in [4.69, 9.17) is 9.47 Å². The van der Waals surface area contributed by atoms with Gasteiger partial charge in [0, 0.05) is 0 Å². The smallest absolute Gasteiger partial charge is 0.408 e. The van der Waals surface area contributed by atoms with E-state index in [0.717, 1.165) is 5.56 Å². The third-order valence-electron chi connectivity index (χ3n) is 3.39. The van der Waals surface area contributed by atoms with Crippen molar-refractivity contribution in [3.63, 3.8) is 0 Å². The van der Waals surface area contributed by atoms with Gasteiger partial charge in [0.25, 0.3) is 0 Å². The Bertz CT molecular complexity index is 544. The summed E-state index contributed by atoms with van der Waals surface area (Å²) in [6.45, 7) is 7.49. The molecule has 0 saturated carbocycles. The van der Waals surface area contributed by atoms with Crippen LogP contribution < -0.4 is 5.32 Å². The molecule has 0 spiro atoms. The molecule has 120 valence electrons. The van der Waals surface area contributed by atoms with E-state index in [9.17, 15) is 9.59 Å². The Morgan fingerprint density at radius 1 is 1.32 bits per heavy atom. The van der Waals surface area contributed by atoms with Gasteiger partial charge in [-0.25, -0.2) is 4.79 Å². The fraction of sp³-hybridized carbons (Fsp3) is 0.529. The molecule has 1 aromatic rings. The maximum absolute atomic E-state index is 12.5. The number of nitrogens with one attached hydrogen (secondary N) is 1. The minimum absolute atomic E-state index is 0.123. The van der Waals surface area contributed by atoms with Crippen molar-refractivity contribution in [1.29, 1.82) is 0 Å². The van der Waals surface area contributed by atoms with Gasteiger partial charge in [0.1, 0.15) is 11.2 Å². The molecule has 1 aliphatic heterocycles. The highest BCUT2D eigenvalue weighted by molar-refractivity contribution is 5.96. The minimum Gasteiger partial charge on any atom is -0.444 e. The van der Waals surface area contributed by atoms with Crippen molar-refractivity contribution in [2.75, 3.05) is 6.61 Å². The Labute approximate surface area is 131 Å². The highest BCUT2D eigenvalue weighted by Gasteiger charge is 2.50. The number of Topliss-reactive ketones (excluding diaryl/α,β-unsaturated/α-hetero) is 1. The third kappa shape index (κ3) is 4.56. The summed E-state index contributed by atoms with van der Waals surface area (Å²) in [5, 5.41) is 2.68. The molecule has 5 nitrogen and oxygen atoms in total. The number of epoxide rings is 1. The predicted octanol–water partition coefficient (Wildman–Crippen LogP) is 2.48. The van der Waals surface area contributed by atoms with E-state index >= 15 is 0 Å². The number of carbonyl (C=O) groups is 2. The fourth-order valence-electron chi connectivity index (χ4n) is 2.13. The van der Waals surface area contributed by atoms with Gasteiger partial charge < -0.3 is 14.8 Å². The molecule has 1 heterocycles. The largest absolute Gasteiger partial charge is 0.444 e. The Morgan fingerprint density at radius 2 is 1.91 bits per heavy atom. The molecule has 2 atom stereocenters. The molecule has 2 rings (SSSR count). The molecule has 0 aliphatic carbocycles. The van der Waals surface area contributed by atoms with Crippen molar-refractivity contribution in [3.05, 3.63) is 35.9 Å². The van der Waals surface area contributed by atoms with Crippen LogP contribution in [0.5, 0.6) is 0 Å². The summed E-state index contributed by atoms with van der Waals surface area (Å²) < 4.78 is 10.5. The average Bonchev–Trinajstić information content (AvgIpc) is 3.15. The van der Waals surface area contributed by atoms with Gasteiger partial charge in [-0.15, -0.1) is 0 Å². The van der Waals surface area contributed by atoms with Gasteiger partial charge in [-0.05, 0) is 39.7 Å². The third-order valence-corrected chi connectivity index (χ3v) is 3.39. The van der Waals surface area contributed by atoms with Crippen LogP contribution in [0.3, 0.4) is 0 Å². The lowest BCUT2D eigenvalue weighted by atomic mass is 9.95. The number of benzene rings is 1. The van der Waals surface area contributed by atoms with E-state index in [2.05, 4.69) is 5.32 Å². The van der Waals surface area contributed by atoms with E-state index in [1.807, 2.05) is 30.3 Å². The first kappa shape index (κ1) is 16.5. The molecule has 5 heteroatoms. The first-order valence-electron chi connectivity index (χ1n) is 7.41. The summed E-state index contributed by atoms with van der Waals surface area (Å²) in [4.78, 5) is 24.5. The summed E-state index contributed by atoms with van der Waals surface area (Å²) in [5.74, 6) is -0.123. The highest BCUT2D eigenvalue weighted by Crippen LogP contribution is 2.29. The van der Waals surface area contributed by atoms with Crippen LogP contribution in [0.4, 0.5) is 4.79 Å². The van der Waals surface area contributed by atoms with Gasteiger partial charge in [-0.3, -0.25) is 4.79 Å². The van der Waals surface area contributed by atoms with Gasteiger partial charge in [0.05, 0.1) is 12.6 Å². The van der Waals surface area contributed by atoms with Crippen LogP contribution in [0.2, 0.25) is 0 Å². The van der Waals surface area contributed by atoms with Gasteiger partial charge >= 0.3 is 6.09 Å². The van der Waals surface area contributed by atoms with Crippen molar-refractivity contribution in [3.8, 4) is 0 Å². The van der Waals surface area contributed by atoms with E-state index < -0.39 is 23.3 Å². The minimum atomic E-state index is -0.783. The number of carbonyl (C=O) groups excluding carboxylic acids is 2. The zero-order valence-corrected chi connectivity index (χ0v) is 13.5. The molecule has 1 fully saturated rings. The predicted molar refractivity (Wildman–Crippen MR) is 82.7 cm³/mol. The van der Waals surface area contributed by atoms with Crippen molar-refractivity contribution in [1.82, 2.24) is 5.32 Å². The number of hydrogen-bond donors (Lipinski definition) is 1. The Balaban J connectivity index is 2.08. The van der Waals surface area contributed by atoms with Crippen molar-refractivity contribution in [2.24, 2.45) is 0 Å². The summed E-state index contributed by atoms with van der Waals surface area (Å²) >= 11 is 0. The summed E-state index contributed by atoms with van der Waals surface area (Å²) in [6.07, 6.45) is -0.177. The Hall–Kier alpha value is -1.88. The molecule has 22 heavy (non-hydrogen) atoms. The SMILES string of the molecule is CC(C)(C)OC(=O)N[C@@H](Cc1ccccc1)C(=O)C1(C)CO1. The highest BCUT2D eigenvalue weighted by atomic mass is 16.6. The molecular weight excluding hydrogens is 282 g/mol. The quantitative estimate of drug-likeness (QED) is 0.849. The molecular formula is C17H23NO4. The van der Waals surface area contributed by atoms with Crippen molar-refractivity contribution >= 4 is 11.9 Å². The second-order valence-electron chi connectivity index (χ2n) is 6.77. The Morgan fingerprint density at radius 3 is 2.41 bits per heavy atom. The lowest BCUT2D eigenvalue weighted by Gasteiger charge is -2.24. The van der Waals surface area contributed by atoms with Gasteiger partial charge in [-0.2, -0.15) is 0 Å². The monoisotopic (exact) mass is 305 g/mol. The molecule has 1 saturated heterocycles. The standard InChI is InChI=1S/C17H23NO4/c1-16(2,3)22-15(20)18-13(14(19)17(4)11-21-17)10-12-8-6-5-7-9-12/h5-9,13H,10-11H2,1-4H3,(H,18,20)/t13-,17?/m0/s1. The lowest BCUT2D eigenvalue weighted by molar-refractivity contribution is -0.125. The lowest BCUT2D eigenvalue weighted by Crippen LogP contribution is -2.48. The normalized spacial score (nSPS) is 21.8. The molecule has 0 bridgehead atoms. The van der Waals surface area contributed by atoms with Crippen LogP contribution in [0.15, 0.2) is 30.3 Å². The summed E-state index contributed by atoms with van der Waals surface area (Å²) in [7, 11) is 0. The van der Waals surface area contributed by atoms with E-state index in [1.165, 1.54) is 0 Å². The van der Waals surface area contributed by atoms with E-state index in [-0.39, 0.29) is 5.78 Å².